The molecule has 1 heterocycles. The SMILES string of the molecule is OCC(F)(F)n1cc(C2CC2)nn1. The lowest BCUT2D eigenvalue weighted by Crippen LogP contribution is -2.27. The molecule has 0 aliphatic heterocycles. The summed E-state index contributed by atoms with van der Waals surface area (Å²) in [6, 6.07) is -3.33. The molecule has 1 aromatic heterocycles. The van der Waals surface area contributed by atoms with E-state index in [2.05, 4.69) is 10.3 Å². The van der Waals surface area contributed by atoms with E-state index >= 15 is 0 Å². The molecule has 0 saturated heterocycles. The third-order valence-electron chi connectivity index (χ3n) is 2.03. The molecule has 1 aliphatic carbocycles. The number of nitrogens with zero attached hydrogens (tertiary/aromatic N) is 3. The molecule has 13 heavy (non-hydrogen) atoms. The van der Waals surface area contributed by atoms with Gasteiger partial charge in [0.05, 0.1) is 11.9 Å². The Balaban J connectivity index is 2.20. The zero-order valence-corrected chi connectivity index (χ0v) is 6.82. The normalized spacial score (nSPS) is 17.8. The average molecular weight is 189 g/mol. The van der Waals surface area contributed by atoms with Crippen molar-refractivity contribution in [3.63, 3.8) is 0 Å². The van der Waals surface area contributed by atoms with Crippen LogP contribution in [0.4, 0.5) is 8.78 Å². The first-order chi connectivity index (χ1) is 6.13. The molecule has 1 N–H and O–H groups in total. The molecule has 0 aromatic carbocycles. The number of halogens is 2. The van der Waals surface area contributed by atoms with Crippen molar-refractivity contribution in [3.8, 4) is 0 Å². The van der Waals surface area contributed by atoms with Crippen LogP contribution in [-0.4, -0.2) is 26.7 Å². The van der Waals surface area contributed by atoms with Crippen molar-refractivity contribution in [2.45, 2.75) is 24.8 Å². The second kappa shape index (κ2) is 2.73. The third-order valence-corrected chi connectivity index (χ3v) is 2.03. The predicted molar refractivity (Wildman–Crippen MR) is 39.3 cm³/mol. The van der Waals surface area contributed by atoms with E-state index in [4.69, 9.17) is 5.11 Å². The van der Waals surface area contributed by atoms with Gasteiger partial charge in [0.15, 0.2) is 0 Å². The van der Waals surface area contributed by atoms with Crippen molar-refractivity contribution < 1.29 is 13.9 Å². The summed E-state index contributed by atoms with van der Waals surface area (Å²) < 4.78 is 26.0. The number of aromatic nitrogens is 3. The fourth-order valence-corrected chi connectivity index (χ4v) is 1.08. The van der Waals surface area contributed by atoms with E-state index < -0.39 is 12.7 Å². The highest BCUT2D eigenvalue weighted by molar-refractivity contribution is 5.09. The Morgan fingerprint density at radius 2 is 2.31 bits per heavy atom. The second-order valence-corrected chi connectivity index (χ2v) is 3.19. The smallest absolute Gasteiger partial charge is 0.367 e. The molecule has 1 saturated carbocycles. The van der Waals surface area contributed by atoms with Gasteiger partial charge < -0.3 is 5.11 Å². The summed E-state index contributed by atoms with van der Waals surface area (Å²) in [4.78, 5) is 0. The van der Waals surface area contributed by atoms with Crippen molar-refractivity contribution in [2.24, 2.45) is 0 Å². The van der Waals surface area contributed by atoms with Crippen molar-refractivity contribution in [3.05, 3.63) is 11.9 Å². The summed E-state index contributed by atoms with van der Waals surface area (Å²) in [6.07, 6.45) is 3.18. The van der Waals surface area contributed by atoms with E-state index in [1.807, 2.05) is 0 Å². The van der Waals surface area contributed by atoms with E-state index in [1.54, 1.807) is 0 Å². The van der Waals surface area contributed by atoms with Crippen LogP contribution in [0.5, 0.6) is 0 Å². The minimum Gasteiger partial charge on any atom is -0.388 e. The minimum atomic E-state index is -3.33. The number of hydrogen-bond acceptors (Lipinski definition) is 3. The summed E-state index contributed by atoms with van der Waals surface area (Å²) in [5.74, 6) is 0.295. The largest absolute Gasteiger partial charge is 0.388 e. The highest BCUT2D eigenvalue weighted by Crippen LogP contribution is 2.39. The molecule has 0 atom stereocenters. The van der Waals surface area contributed by atoms with Gasteiger partial charge in [0.1, 0.15) is 6.61 Å². The maximum Gasteiger partial charge on any atom is 0.367 e. The van der Waals surface area contributed by atoms with E-state index in [0.29, 0.717) is 16.3 Å². The molecule has 0 spiro atoms. The quantitative estimate of drug-likeness (QED) is 0.761. The molecule has 2 rings (SSSR count). The summed E-state index contributed by atoms with van der Waals surface area (Å²) >= 11 is 0. The number of rotatable bonds is 3. The first-order valence-corrected chi connectivity index (χ1v) is 4.05. The van der Waals surface area contributed by atoms with Crippen LogP contribution in [0.2, 0.25) is 0 Å². The number of aliphatic hydroxyl groups is 1. The summed E-state index contributed by atoms with van der Waals surface area (Å²) in [7, 11) is 0. The first-order valence-electron chi connectivity index (χ1n) is 4.05. The van der Waals surface area contributed by atoms with Crippen LogP contribution >= 0.6 is 0 Å². The van der Waals surface area contributed by atoms with E-state index in [-0.39, 0.29) is 0 Å². The lowest BCUT2D eigenvalue weighted by Gasteiger charge is -2.11. The Bertz CT molecular complexity index is 308. The molecule has 1 aliphatic rings. The fraction of sp³-hybridized carbons (Fsp3) is 0.714. The van der Waals surface area contributed by atoms with Crippen molar-refractivity contribution in [2.75, 3.05) is 6.61 Å². The monoisotopic (exact) mass is 189 g/mol. The summed E-state index contributed by atoms with van der Waals surface area (Å²) in [5, 5.41) is 15.3. The van der Waals surface area contributed by atoms with Crippen molar-refractivity contribution in [1.29, 1.82) is 0 Å². The van der Waals surface area contributed by atoms with Gasteiger partial charge in [0, 0.05) is 5.92 Å². The van der Waals surface area contributed by atoms with Gasteiger partial charge in [-0.25, -0.2) is 0 Å². The zero-order chi connectivity index (χ0) is 9.47. The van der Waals surface area contributed by atoms with Crippen LogP contribution in [-0.2, 0) is 6.05 Å². The van der Waals surface area contributed by atoms with Gasteiger partial charge in [-0.3, -0.25) is 0 Å². The van der Waals surface area contributed by atoms with Crippen LogP contribution in [0.1, 0.15) is 24.5 Å². The third kappa shape index (κ3) is 1.53. The molecule has 1 fully saturated rings. The number of hydrogen-bond donors (Lipinski definition) is 1. The zero-order valence-electron chi connectivity index (χ0n) is 6.82. The van der Waals surface area contributed by atoms with Gasteiger partial charge in [-0.15, -0.1) is 5.10 Å². The van der Waals surface area contributed by atoms with E-state index in [1.165, 1.54) is 6.20 Å². The molecule has 4 nitrogen and oxygen atoms in total. The Hall–Kier alpha value is -1.04. The molecule has 72 valence electrons. The molecule has 0 unspecified atom stereocenters. The minimum absolute atomic E-state index is 0.295. The molecule has 1 aromatic rings. The second-order valence-electron chi connectivity index (χ2n) is 3.19. The molecule has 0 bridgehead atoms. The van der Waals surface area contributed by atoms with Crippen LogP contribution in [0.15, 0.2) is 6.20 Å². The topological polar surface area (TPSA) is 50.9 Å². The lowest BCUT2D eigenvalue weighted by molar-refractivity contribution is -0.131. The van der Waals surface area contributed by atoms with Crippen LogP contribution in [0.3, 0.4) is 0 Å². The van der Waals surface area contributed by atoms with Gasteiger partial charge in [-0.2, -0.15) is 13.5 Å². The van der Waals surface area contributed by atoms with Crippen LogP contribution in [0.25, 0.3) is 0 Å². The molecule has 0 radical (unpaired) electrons. The molecule has 6 heteroatoms. The molecular weight excluding hydrogens is 180 g/mol. The average Bonchev–Trinajstić information content (AvgIpc) is 2.83. The summed E-state index contributed by atoms with van der Waals surface area (Å²) in [6.45, 7) is -1.25. The van der Waals surface area contributed by atoms with Crippen LogP contribution in [0, 0.1) is 0 Å². The van der Waals surface area contributed by atoms with E-state index in [0.717, 1.165) is 12.8 Å². The van der Waals surface area contributed by atoms with Gasteiger partial charge in [-0.1, -0.05) is 5.21 Å². The van der Waals surface area contributed by atoms with E-state index in [9.17, 15) is 8.78 Å². The lowest BCUT2D eigenvalue weighted by atomic mass is 10.3. The molecular formula is C7H9F2N3O. The Morgan fingerprint density at radius 1 is 1.62 bits per heavy atom. The van der Waals surface area contributed by atoms with Gasteiger partial charge in [0.2, 0.25) is 0 Å². The van der Waals surface area contributed by atoms with Crippen molar-refractivity contribution >= 4 is 0 Å². The summed E-state index contributed by atoms with van der Waals surface area (Å²) in [5.41, 5.74) is 0.591. The first kappa shape index (κ1) is 8.55. The highest BCUT2D eigenvalue weighted by atomic mass is 19.3. The number of alkyl halides is 2. The Labute approximate surface area is 73.2 Å². The van der Waals surface area contributed by atoms with Gasteiger partial charge in [0.25, 0.3) is 0 Å². The van der Waals surface area contributed by atoms with Crippen molar-refractivity contribution in [1.82, 2.24) is 15.0 Å². The highest BCUT2D eigenvalue weighted by Gasteiger charge is 2.34. The maximum atomic E-state index is 12.8. The predicted octanol–water partition coefficient (Wildman–Crippen LogP) is 0.697. The Morgan fingerprint density at radius 3 is 2.85 bits per heavy atom. The Kier molecular flexibility index (Phi) is 1.80. The van der Waals surface area contributed by atoms with Crippen LogP contribution < -0.4 is 0 Å². The van der Waals surface area contributed by atoms with Gasteiger partial charge >= 0.3 is 6.05 Å². The van der Waals surface area contributed by atoms with Gasteiger partial charge in [-0.05, 0) is 12.8 Å². The number of aliphatic hydroxyl groups excluding tert-OH is 1. The maximum absolute atomic E-state index is 12.8. The standard InChI is InChI=1S/C7H9F2N3O/c8-7(9,4-13)12-3-6(10-11-12)5-1-2-5/h3,5,13H,1-2,4H2. The fourth-order valence-electron chi connectivity index (χ4n) is 1.08. The molecule has 0 amide bonds.